The fourth-order valence-corrected chi connectivity index (χ4v) is 5.13. The van der Waals surface area contributed by atoms with E-state index in [-0.39, 0.29) is 42.2 Å². The third kappa shape index (κ3) is 10.8. The van der Waals surface area contributed by atoms with Crippen LogP contribution in [0.25, 0.3) is 0 Å². The fraction of sp³-hybridized carbons (Fsp3) is 0.316. The number of anilines is 1. The molecule has 1 aliphatic rings. The number of para-hydroxylation sites is 2. The van der Waals surface area contributed by atoms with Crippen LogP contribution in [-0.4, -0.2) is 66.6 Å². The number of carbonyl (C=O) groups is 2. The highest BCUT2D eigenvalue weighted by Gasteiger charge is 2.31. The van der Waals surface area contributed by atoms with E-state index in [4.69, 9.17) is 9.47 Å². The van der Waals surface area contributed by atoms with Gasteiger partial charge in [-0.1, -0.05) is 55.5 Å². The van der Waals surface area contributed by atoms with Crippen molar-refractivity contribution in [3.05, 3.63) is 119 Å². The third-order valence-electron chi connectivity index (χ3n) is 7.64. The lowest BCUT2D eigenvalue weighted by atomic mass is 10.0. The second kappa shape index (κ2) is 17.0. The number of amides is 2. The van der Waals surface area contributed by atoms with Crippen molar-refractivity contribution in [3.8, 4) is 17.2 Å². The largest absolute Gasteiger partial charge is 0.490 e. The van der Waals surface area contributed by atoms with Gasteiger partial charge in [-0.25, -0.2) is 0 Å². The van der Waals surface area contributed by atoms with Gasteiger partial charge in [-0.15, -0.1) is 0 Å². The highest BCUT2D eigenvalue weighted by molar-refractivity contribution is 6.02. The summed E-state index contributed by atoms with van der Waals surface area (Å²) >= 11 is 0. The standard InChI is InChI=1S/C23H25F3N2O4.C15H17NO/c1-14-11-28(15(2)12-29)22(31)18-4-3-5-19(21(18)32-13-14)27-20(30)10-16-6-8-17(9-7-16)23(24,25)26;1-16(2)12-13-8-10-15(11-9-13)17-14-6-4-3-5-7-14/h3-9,14-15,29H,10-13H2,1-2H3,(H,27,30);3-11H,12H2,1-2H3/t14-,15+;/m1./s1. The summed E-state index contributed by atoms with van der Waals surface area (Å²) in [6, 6.07) is 26.8. The number of carbonyl (C=O) groups excluding carboxylic acids is 2. The maximum absolute atomic E-state index is 13.1. The maximum atomic E-state index is 13.1. The molecule has 0 saturated carbocycles. The van der Waals surface area contributed by atoms with Crippen LogP contribution >= 0.6 is 0 Å². The van der Waals surface area contributed by atoms with Gasteiger partial charge in [0.05, 0.1) is 42.5 Å². The van der Waals surface area contributed by atoms with Crippen LogP contribution in [0.2, 0.25) is 0 Å². The summed E-state index contributed by atoms with van der Waals surface area (Å²) in [5.41, 5.74) is 1.50. The van der Waals surface area contributed by atoms with Crippen LogP contribution in [0.3, 0.4) is 0 Å². The van der Waals surface area contributed by atoms with E-state index in [2.05, 4.69) is 36.4 Å². The fourth-order valence-electron chi connectivity index (χ4n) is 5.13. The SMILES string of the molecule is CN(C)Cc1ccc(Oc2ccccc2)cc1.C[C@H]1COc2c(NC(=O)Cc3ccc(C(F)(F)F)cc3)cccc2C(=O)N([C@@H](C)CO)C1. The van der Waals surface area contributed by atoms with Crippen molar-refractivity contribution in [1.29, 1.82) is 0 Å². The van der Waals surface area contributed by atoms with E-state index in [1.807, 2.05) is 49.4 Å². The molecule has 0 aliphatic carbocycles. The Morgan fingerprint density at radius 1 is 0.959 bits per heavy atom. The summed E-state index contributed by atoms with van der Waals surface area (Å²) in [4.78, 5) is 29.4. The van der Waals surface area contributed by atoms with E-state index in [1.165, 1.54) is 17.7 Å². The first-order valence-electron chi connectivity index (χ1n) is 15.9. The highest BCUT2D eigenvalue weighted by atomic mass is 19.4. The predicted molar refractivity (Wildman–Crippen MR) is 183 cm³/mol. The molecule has 4 aromatic carbocycles. The summed E-state index contributed by atoms with van der Waals surface area (Å²) in [5.74, 6) is 1.21. The van der Waals surface area contributed by atoms with Gasteiger partial charge in [-0.2, -0.15) is 13.2 Å². The molecule has 2 amide bonds. The topological polar surface area (TPSA) is 91.3 Å². The normalized spacial score (nSPS) is 15.2. The molecule has 260 valence electrons. The monoisotopic (exact) mass is 677 g/mol. The lowest BCUT2D eigenvalue weighted by molar-refractivity contribution is -0.137. The van der Waals surface area contributed by atoms with Gasteiger partial charge >= 0.3 is 6.18 Å². The van der Waals surface area contributed by atoms with Crippen LogP contribution in [0.15, 0.2) is 97.1 Å². The lowest BCUT2D eigenvalue weighted by Gasteiger charge is -2.33. The van der Waals surface area contributed by atoms with Gasteiger partial charge in [-0.3, -0.25) is 9.59 Å². The number of halogens is 3. The van der Waals surface area contributed by atoms with Crippen molar-refractivity contribution in [2.75, 3.05) is 39.2 Å². The molecular weight excluding hydrogens is 635 g/mol. The molecule has 8 nitrogen and oxygen atoms in total. The zero-order chi connectivity index (χ0) is 35.6. The Morgan fingerprint density at radius 3 is 2.20 bits per heavy atom. The number of benzene rings is 4. The number of hydrogen-bond acceptors (Lipinski definition) is 6. The maximum Gasteiger partial charge on any atom is 0.416 e. The van der Waals surface area contributed by atoms with Crippen LogP contribution < -0.4 is 14.8 Å². The van der Waals surface area contributed by atoms with E-state index in [1.54, 1.807) is 30.0 Å². The number of nitrogens with zero attached hydrogens (tertiary/aromatic N) is 2. The van der Waals surface area contributed by atoms with E-state index < -0.39 is 17.6 Å². The van der Waals surface area contributed by atoms with E-state index in [0.29, 0.717) is 24.4 Å². The van der Waals surface area contributed by atoms with Crippen LogP contribution in [0.5, 0.6) is 17.2 Å². The Morgan fingerprint density at radius 2 is 1.59 bits per heavy atom. The van der Waals surface area contributed by atoms with Gasteiger partial charge < -0.3 is 29.7 Å². The van der Waals surface area contributed by atoms with Gasteiger partial charge in [0.25, 0.3) is 5.91 Å². The third-order valence-corrected chi connectivity index (χ3v) is 7.64. The average Bonchev–Trinajstić information content (AvgIpc) is 3.06. The molecule has 0 bridgehead atoms. The van der Waals surface area contributed by atoms with Crippen LogP contribution in [0, 0.1) is 5.92 Å². The number of fused-ring (bicyclic) bond motifs is 1. The van der Waals surface area contributed by atoms with E-state index >= 15 is 0 Å². The summed E-state index contributed by atoms with van der Waals surface area (Å²) < 4.78 is 49.7. The smallest absolute Gasteiger partial charge is 0.416 e. The molecule has 0 aromatic heterocycles. The Bertz CT molecular complexity index is 1660. The number of aliphatic hydroxyl groups is 1. The number of aliphatic hydroxyl groups excluding tert-OH is 1. The molecule has 0 saturated heterocycles. The molecule has 1 heterocycles. The Balaban J connectivity index is 0.000000266. The average molecular weight is 678 g/mol. The number of alkyl halides is 3. The lowest BCUT2D eigenvalue weighted by Crippen LogP contribution is -2.45. The summed E-state index contributed by atoms with van der Waals surface area (Å²) in [5, 5.41) is 12.2. The van der Waals surface area contributed by atoms with Crippen molar-refractivity contribution < 1.29 is 37.3 Å². The molecule has 5 rings (SSSR count). The first-order chi connectivity index (χ1) is 23.3. The summed E-state index contributed by atoms with van der Waals surface area (Å²) in [6.07, 6.45) is -4.58. The molecule has 0 fully saturated rings. The number of rotatable bonds is 9. The van der Waals surface area contributed by atoms with Gasteiger partial charge in [0, 0.05) is 19.0 Å². The van der Waals surface area contributed by atoms with E-state index in [9.17, 15) is 27.9 Å². The van der Waals surface area contributed by atoms with E-state index in [0.717, 1.165) is 30.2 Å². The highest BCUT2D eigenvalue weighted by Crippen LogP contribution is 2.33. The van der Waals surface area contributed by atoms with Crippen LogP contribution in [-0.2, 0) is 23.9 Å². The summed E-state index contributed by atoms with van der Waals surface area (Å²) in [7, 11) is 4.13. The second-order valence-electron chi connectivity index (χ2n) is 12.3. The molecule has 11 heteroatoms. The molecule has 2 N–H and O–H groups in total. The Labute approximate surface area is 285 Å². The second-order valence-corrected chi connectivity index (χ2v) is 12.3. The van der Waals surface area contributed by atoms with Gasteiger partial charge in [-0.05, 0) is 80.7 Å². The zero-order valence-electron chi connectivity index (χ0n) is 28.0. The van der Waals surface area contributed by atoms with Crippen molar-refractivity contribution >= 4 is 17.5 Å². The molecule has 2 atom stereocenters. The van der Waals surface area contributed by atoms with Crippen LogP contribution in [0.1, 0.15) is 40.9 Å². The first-order valence-corrected chi connectivity index (χ1v) is 15.9. The number of hydrogen-bond donors (Lipinski definition) is 2. The van der Waals surface area contributed by atoms with Crippen molar-refractivity contribution in [2.45, 2.75) is 39.0 Å². The molecule has 4 aromatic rings. The zero-order valence-corrected chi connectivity index (χ0v) is 28.0. The van der Waals surface area contributed by atoms with Crippen molar-refractivity contribution in [2.24, 2.45) is 5.92 Å². The molecule has 49 heavy (non-hydrogen) atoms. The van der Waals surface area contributed by atoms with Gasteiger partial charge in [0.1, 0.15) is 11.5 Å². The van der Waals surface area contributed by atoms with Gasteiger partial charge in [0.15, 0.2) is 5.75 Å². The first kappa shape index (κ1) is 37.0. The van der Waals surface area contributed by atoms with Crippen molar-refractivity contribution in [1.82, 2.24) is 9.80 Å². The Kier molecular flexibility index (Phi) is 12.8. The number of ether oxygens (including phenoxy) is 2. The molecule has 0 spiro atoms. The molecular formula is C38H42F3N3O5. The van der Waals surface area contributed by atoms with Crippen LogP contribution in [0.4, 0.5) is 18.9 Å². The minimum absolute atomic E-state index is 0.00277. The summed E-state index contributed by atoms with van der Waals surface area (Å²) in [6.45, 7) is 5.17. The quantitative estimate of drug-likeness (QED) is 0.194. The number of nitrogens with one attached hydrogen (secondary N) is 1. The molecule has 0 radical (unpaired) electrons. The van der Waals surface area contributed by atoms with Crippen molar-refractivity contribution in [3.63, 3.8) is 0 Å². The Hall–Kier alpha value is -4.87. The predicted octanol–water partition coefficient (Wildman–Crippen LogP) is 7.28. The minimum atomic E-state index is -4.44. The molecule has 0 unspecified atom stereocenters. The minimum Gasteiger partial charge on any atom is -0.490 e. The molecule has 1 aliphatic heterocycles. The van der Waals surface area contributed by atoms with Gasteiger partial charge in [0.2, 0.25) is 5.91 Å².